The maximum Gasteiger partial charge on any atom is 0.343 e. The molecule has 1 atom stereocenters. The Kier molecular flexibility index (Phi) is 5.41. The molecule has 27 heavy (non-hydrogen) atoms. The first kappa shape index (κ1) is 18.8. The lowest BCUT2D eigenvalue weighted by Crippen LogP contribution is -2.29. The minimum atomic E-state index is -0.547. The van der Waals surface area contributed by atoms with Crippen molar-refractivity contribution in [2.24, 2.45) is 5.73 Å². The predicted molar refractivity (Wildman–Crippen MR) is 104 cm³/mol. The van der Waals surface area contributed by atoms with E-state index < -0.39 is 12.1 Å². The van der Waals surface area contributed by atoms with Crippen molar-refractivity contribution in [2.75, 3.05) is 12.4 Å². The van der Waals surface area contributed by atoms with Gasteiger partial charge in [0.15, 0.2) is 0 Å². The third-order valence-electron chi connectivity index (χ3n) is 3.84. The van der Waals surface area contributed by atoms with Crippen LogP contribution in [0, 0.1) is 0 Å². The van der Waals surface area contributed by atoms with Gasteiger partial charge >= 0.3 is 6.03 Å². The number of amides is 2. The van der Waals surface area contributed by atoms with Crippen LogP contribution >= 0.6 is 11.6 Å². The summed E-state index contributed by atoms with van der Waals surface area (Å²) >= 11 is 6.22. The van der Waals surface area contributed by atoms with Crippen molar-refractivity contribution < 1.29 is 9.63 Å². The van der Waals surface area contributed by atoms with Gasteiger partial charge in [-0.3, -0.25) is 14.2 Å². The first-order valence-electron chi connectivity index (χ1n) is 8.09. The highest BCUT2D eigenvalue weighted by atomic mass is 35.5. The normalized spacial score (nSPS) is 12.0. The van der Waals surface area contributed by atoms with Crippen LogP contribution in [0.4, 0.5) is 10.5 Å². The zero-order valence-electron chi connectivity index (χ0n) is 14.7. The summed E-state index contributed by atoms with van der Waals surface area (Å²) in [5.74, 6) is 0.383. The number of anilines is 1. The summed E-state index contributed by atoms with van der Waals surface area (Å²) in [6.45, 7) is 1.74. The fourth-order valence-electron chi connectivity index (χ4n) is 2.73. The molecule has 8 nitrogen and oxygen atoms in total. The Morgan fingerprint density at radius 3 is 2.74 bits per heavy atom. The van der Waals surface area contributed by atoms with Gasteiger partial charge in [-0.05, 0) is 37.3 Å². The lowest BCUT2D eigenvalue weighted by Gasteiger charge is -2.17. The molecule has 1 aromatic heterocycles. The number of nitrogens with one attached hydrogen (secondary N) is 2. The van der Waals surface area contributed by atoms with Crippen molar-refractivity contribution in [2.45, 2.75) is 13.0 Å². The quantitative estimate of drug-likeness (QED) is 0.596. The van der Waals surface area contributed by atoms with Crippen LogP contribution in [0.25, 0.3) is 16.6 Å². The first-order chi connectivity index (χ1) is 12.9. The van der Waals surface area contributed by atoms with E-state index in [4.69, 9.17) is 17.3 Å². The van der Waals surface area contributed by atoms with Crippen LogP contribution < -0.4 is 22.1 Å². The minimum Gasteiger partial charge on any atom is -0.322 e. The Morgan fingerprint density at radius 1 is 1.30 bits per heavy atom. The van der Waals surface area contributed by atoms with Gasteiger partial charge in [-0.15, -0.1) is 0 Å². The van der Waals surface area contributed by atoms with Gasteiger partial charge < -0.3 is 11.1 Å². The zero-order valence-corrected chi connectivity index (χ0v) is 15.4. The maximum absolute atomic E-state index is 13.2. The maximum atomic E-state index is 13.2. The van der Waals surface area contributed by atoms with E-state index in [0.29, 0.717) is 33.1 Å². The second kappa shape index (κ2) is 7.75. The first-order valence-corrected chi connectivity index (χ1v) is 8.47. The van der Waals surface area contributed by atoms with Crippen molar-refractivity contribution in [3.8, 4) is 5.69 Å². The molecule has 0 aliphatic rings. The average molecular weight is 388 g/mol. The molecule has 1 heterocycles. The van der Waals surface area contributed by atoms with Gasteiger partial charge in [0.05, 0.1) is 34.8 Å². The molecule has 0 saturated carbocycles. The average Bonchev–Trinajstić information content (AvgIpc) is 2.61. The summed E-state index contributed by atoms with van der Waals surface area (Å²) in [5, 5.41) is 3.22. The number of urea groups is 1. The number of rotatable bonds is 4. The number of carbonyl (C=O) groups is 1. The Hall–Kier alpha value is -2.94. The summed E-state index contributed by atoms with van der Waals surface area (Å²) in [6, 6.07) is 10.8. The molecule has 0 fully saturated rings. The largest absolute Gasteiger partial charge is 0.343 e. The number of fused-ring (bicyclic) bond motifs is 1. The Balaban J connectivity index is 2.20. The number of hydroxylamine groups is 1. The number of carbonyl (C=O) groups excluding carboxylic acids is 1. The third-order valence-corrected chi connectivity index (χ3v) is 4.15. The van der Waals surface area contributed by atoms with Gasteiger partial charge in [0.2, 0.25) is 0 Å². The number of halogens is 1. The Bertz CT molecular complexity index is 1060. The summed E-state index contributed by atoms with van der Waals surface area (Å²) in [6.07, 6.45) is 0. The highest BCUT2D eigenvalue weighted by Gasteiger charge is 2.17. The molecule has 0 unspecified atom stereocenters. The van der Waals surface area contributed by atoms with Crippen LogP contribution in [-0.4, -0.2) is 22.7 Å². The van der Waals surface area contributed by atoms with Crippen LogP contribution in [-0.2, 0) is 4.84 Å². The van der Waals surface area contributed by atoms with Gasteiger partial charge in [0.1, 0.15) is 5.82 Å². The standard InChI is InChI=1S/C18H18ClN5O3/c1-10(20)16-22-14-8-4-7-13(19)15(14)17(25)24(16)12-6-3-5-11(9-12)21-18(26)23-27-2/h3-10H,20H2,1-2H3,(H2,21,23,26)/t10-/m0/s1. The van der Waals surface area contributed by atoms with E-state index in [2.05, 4.69) is 20.6 Å². The molecule has 0 spiro atoms. The topological polar surface area (TPSA) is 111 Å². The lowest BCUT2D eigenvalue weighted by atomic mass is 10.2. The zero-order chi connectivity index (χ0) is 19.6. The van der Waals surface area contributed by atoms with E-state index in [1.807, 2.05) is 0 Å². The Labute approximate surface area is 159 Å². The predicted octanol–water partition coefficient (Wildman–Crippen LogP) is 2.74. The summed E-state index contributed by atoms with van der Waals surface area (Å²) in [4.78, 5) is 33.9. The minimum absolute atomic E-state index is 0.305. The molecule has 4 N–H and O–H groups in total. The molecule has 3 aromatic rings. The van der Waals surface area contributed by atoms with E-state index >= 15 is 0 Å². The Morgan fingerprint density at radius 2 is 2.04 bits per heavy atom. The van der Waals surface area contributed by atoms with Crippen LogP contribution in [0.15, 0.2) is 47.3 Å². The van der Waals surface area contributed by atoms with Gasteiger partial charge in [0, 0.05) is 5.69 Å². The molecule has 0 bridgehead atoms. The summed E-state index contributed by atoms with van der Waals surface area (Å²) in [7, 11) is 1.33. The molecule has 0 saturated heterocycles. The second-order valence-corrected chi connectivity index (χ2v) is 6.25. The van der Waals surface area contributed by atoms with Crippen molar-refractivity contribution in [1.82, 2.24) is 15.0 Å². The number of hydrogen-bond donors (Lipinski definition) is 3. The van der Waals surface area contributed by atoms with Gasteiger partial charge in [0.25, 0.3) is 5.56 Å². The van der Waals surface area contributed by atoms with Crippen LogP contribution in [0.5, 0.6) is 0 Å². The van der Waals surface area contributed by atoms with E-state index in [0.717, 1.165) is 0 Å². The van der Waals surface area contributed by atoms with Gasteiger partial charge in [-0.1, -0.05) is 23.7 Å². The molecule has 2 amide bonds. The SMILES string of the molecule is CONC(=O)Nc1cccc(-n2c([C@H](C)N)nc3cccc(Cl)c3c2=O)c1. The molecular formula is C18H18ClN5O3. The number of nitrogens with two attached hydrogens (primary N) is 1. The van der Waals surface area contributed by atoms with Crippen molar-refractivity contribution in [3.63, 3.8) is 0 Å². The summed E-state index contributed by atoms with van der Waals surface area (Å²) in [5.41, 5.74) is 9.31. The highest BCUT2D eigenvalue weighted by molar-refractivity contribution is 6.35. The number of benzene rings is 2. The van der Waals surface area contributed by atoms with Crippen LogP contribution in [0.2, 0.25) is 5.02 Å². The van der Waals surface area contributed by atoms with Crippen molar-refractivity contribution >= 4 is 34.2 Å². The van der Waals surface area contributed by atoms with Gasteiger partial charge in [-0.2, -0.15) is 0 Å². The number of hydrogen-bond acceptors (Lipinski definition) is 5. The molecule has 140 valence electrons. The van der Waals surface area contributed by atoms with Crippen LogP contribution in [0.1, 0.15) is 18.8 Å². The third kappa shape index (κ3) is 3.77. The smallest absolute Gasteiger partial charge is 0.322 e. The monoisotopic (exact) mass is 387 g/mol. The molecule has 0 aliphatic heterocycles. The van der Waals surface area contributed by atoms with Crippen molar-refractivity contribution in [1.29, 1.82) is 0 Å². The second-order valence-electron chi connectivity index (χ2n) is 5.84. The highest BCUT2D eigenvalue weighted by Crippen LogP contribution is 2.23. The molecule has 2 aromatic carbocycles. The van der Waals surface area contributed by atoms with Crippen molar-refractivity contribution in [3.05, 3.63) is 63.7 Å². The van der Waals surface area contributed by atoms with E-state index in [9.17, 15) is 9.59 Å². The summed E-state index contributed by atoms with van der Waals surface area (Å²) < 4.78 is 1.40. The van der Waals surface area contributed by atoms with E-state index in [1.165, 1.54) is 11.7 Å². The fraction of sp³-hybridized carbons (Fsp3) is 0.167. The molecule has 9 heteroatoms. The van der Waals surface area contributed by atoms with E-state index in [1.54, 1.807) is 49.4 Å². The van der Waals surface area contributed by atoms with Gasteiger partial charge in [-0.25, -0.2) is 15.3 Å². The van der Waals surface area contributed by atoms with E-state index in [-0.39, 0.29) is 5.56 Å². The number of nitrogens with zero attached hydrogens (tertiary/aromatic N) is 2. The molecule has 0 aliphatic carbocycles. The molecule has 3 rings (SSSR count). The fourth-order valence-corrected chi connectivity index (χ4v) is 2.98. The lowest BCUT2D eigenvalue weighted by molar-refractivity contribution is 0.114. The number of aromatic nitrogens is 2. The molecular weight excluding hydrogens is 370 g/mol. The van der Waals surface area contributed by atoms with Crippen LogP contribution in [0.3, 0.4) is 0 Å². The molecule has 0 radical (unpaired) electrons.